The summed E-state index contributed by atoms with van der Waals surface area (Å²) in [5.74, 6) is 0.321. The number of primary amides is 1. The van der Waals surface area contributed by atoms with Gasteiger partial charge in [-0.15, -0.1) is 0 Å². The van der Waals surface area contributed by atoms with Gasteiger partial charge in [-0.05, 0) is 36.2 Å². The van der Waals surface area contributed by atoms with E-state index >= 15 is 0 Å². The van der Waals surface area contributed by atoms with E-state index in [1.54, 1.807) is 25.4 Å². The Morgan fingerprint density at radius 1 is 1.28 bits per heavy atom. The second-order valence-corrected chi connectivity index (χ2v) is 5.64. The summed E-state index contributed by atoms with van der Waals surface area (Å²) in [6.07, 6.45) is 2.80. The average Bonchev–Trinajstić information content (AvgIpc) is 3.11. The summed E-state index contributed by atoms with van der Waals surface area (Å²) in [6, 6.07) is 9.80. The van der Waals surface area contributed by atoms with E-state index in [2.05, 4.69) is 15.6 Å². The van der Waals surface area contributed by atoms with Crippen molar-refractivity contribution in [2.24, 2.45) is 16.6 Å². The molecule has 4 N–H and O–H groups in total. The van der Waals surface area contributed by atoms with Gasteiger partial charge in [-0.2, -0.15) is 0 Å². The lowest BCUT2D eigenvalue weighted by Gasteiger charge is -2.17. The number of furan rings is 1. The van der Waals surface area contributed by atoms with Crippen LogP contribution in [0.2, 0.25) is 0 Å². The van der Waals surface area contributed by atoms with Gasteiger partial charge in [0.25, 0.3) is 0 Å². The molecule has 6 nitrogen and oxygen atoms in total. The van der Waals surface area contributed by atoms with Gasteiger partial charge in [0.15, 0.2) is 5.96 Å². The van der Waals surface area contributed by atoms with E-state index in [1.165, 1.54) is 12.1 Å². The van der Waals surface area contributed by atoms with Crippen molar-refractivity contribution in [1.82, 2.24) is 10.6 Å². The topological polar surface area (TPSA) is 92.7 Å². The van der Waals surface area contributed by atoms with Gasteiger partial charge in [0.1, 0.15) is 11.6 Å². The third kappa shape index (κ3) is 6.29. The molecule has 0 radical (unpaired) electrons. The van der Waals surface area contributed by atoms with Crippen molar-refractivity contribution in [3.05, 3.63) is 59.8 Å². The van der Waals surface area contributed by atoms with Gasteiger partial charge in [-0.3, -0.25) is 9.79 Å². The van der Waals surface area contributed by atoms with Crippen LogP contribution < -0.4 is 16.4 Å². The van der Waals surface area contributed by atoms with E-state index in [4.69, 9.17) is 10.2 Å². The molecule has 1 atom stereocenters. The number of halogens is 1. The molecule has 1 aromatic carbocycles. The first kappa shape index (κ1) is 18.5. The van der Waals surface area contributed by atoms with E-state index in [-0.39, 0.29) is 5.82 Å². The van der Waals surface area contributed by atoms with Crippen LogP contribution in [0.1, 0.15) is 11.3 Å². The molecule has 2 aromatic rings. The molecule has 0 spiro atoms. The zero-order valence-electron chi connectivity index (χ0n) is 14.2. The maximum absolute atomic E-state index is 13.0. The van der Waals surface area contributed by atoms with Crippen molar-refractivity contribution < 1.29 is 13.6 Å². The van der Waals surface area contributed by atoms with E-state index in [0.29, 0.717) is 25.5 Å². The number of nitrogens with zero attached hydrogens (tertiary/aromatic N) is 1. The van der Waals surface area contributed by atoms with Crippen molar-refractivity contribution in [3.8, 4) is 0 Å². The fraction of sp³-hybridized carbons (Fsp3) is 0.333. The third-order valence-electron chi connectivity index (χ3n) is 3.78. The minimum Gasteiger partial charge on any atom is -0.469 e. The highest BCUT2D eigenvalue weighted by Gasteiger charge is 2.16. The fourth-order valence-electron chi connectivity index (χ4n) is 2.38. The summed E-state index contributed by atoms with van der Waals surface area (Å²) < 4.78 is 18.2. The minimum absolute atomic E-state index is 0.307. The van der Waals surface area contributed by atoms with Gasteiger partial charge < -0.3 is 20.8 Å². The number of hydrogen-bond donors (Lipinski definition) is 3. The quantitative estimate of drug-likeness (QED) is 0.498. The van der Waals surface area contributed by atoms with Crippen LogP contribution in [0.5, 0.6) is 0 Å². The van der Waals surface area contributed by atoms with Crippen LogP contribution >= 0.6 is 0 Å². The Bertz CT molecular complexity index is 684. The van der Waals surface area contributed by atoms with Crippen molar-refractivity contribution in [3.63, 3.8) is 0 Å². The van der Waals surface area contributed by atoms with Crippen LogP contribution in [0.4, 0.5) is 4.39 Å². The van der Waals surface area contributed by atoms with Crippen LogP contribution in [-0.2, 0) is 17.6 Å². The number of amides is 1. The predicted molar refractivity (Wildman–Crippen MR) is 94.6 cm³/mol. The van der Waals surface area contributed by atoms with Crippen LogP contribution in [0, 0.1) is 11.7 Å². The predicted octanol–water partition coefficient (Wildman–Crippen LogP) is 1.47. The molecule has 7 heteroatoms. The molecule has 25 heavy (non-hydrogen) atoms. The fourth-order valence-corrected chi connectivity index (χ4v) is 2.38. The Kier molecular flexibility index (Phi) is 7.00. The minimum atomic E-state index is -0.422. The van der Waals surface area contributed by atoms with E-state index < -0.39 is 11.8 Å². The largest absolute Gasteiger partial charge is 0.469 e. The van der Waals surface area contributed by atoms with Crippen molar-refractivity contribution in [2.45, 2.75) is 12.8 Å². The summed E-state index contributed by atoms with van der Waals surface area (Å²) in [5.41, 5.74) is 6.34. The standard InChI is InChI=1S/C18H23FN4O2/c1-21-18(22-9-8-16-3-2-10-25-16)23-12-14(17(20)24)11-13-4-6-15(19)7-5-13/h2-7,10,14H,8-9,11-12H2,1H3,(H2,20,24)(H2,21,22,23). The lowest BCUT2D eigenvalue weighted by atomic mass is 9.98. The first-order valence-corrected chi connectivity index (χ1v) is 8.09. The highest BCUT2D eigenvalue weighted by atomic mass is 19.1. The van der Waals surface area contributed by atoms with Crippen LogP contribution in [0.3, 0.4) is 0 Å². The van der Waals surface area contributed by atoms with E-state index in [0.717, 1.165) is 17.7 Å². The smallest absolute Gasteiger partial charge is 0.222 e. The highest BCUT2D eigenvalue weighted by molar-refractivity contribution is 5.81. The van der Waals surface area contributed by atoms with E-state index in [1.807, 2.05) is 12.1 Å². The molecule has 2 rings (SSSR count). The van der Waals surface area contributed by atoms with Gasteiger partial charge >= 0.3 is 0 Å². The normalized spacial score (nSPS) is 12.6. The summed E-state index contributed by atoms with van der Waals surface area (Å²) >= 11 is 0. The van der Waals surface area contributed by atoms with Crippen LogP contribution in [0.25, 0.3) is 0 Å². The number of nitrogens with two attached hydrogens (primary N) is 1. The number of hydrogen-bond acceptors (Lipinski definition) is 3. The molecule has 0 saturated carbocycles. The molecule has 1 aromatic heterocycles. The maximum Gasteiger partial charge on any atom is 0.222 e. The van der Waals surface area contributed by atoms with Gasteiger partial charge in [0.05, 0.1) is 12.2 Å². The lowest BCUT2D eigenvalue weighted by Crippen LogP contribution is -2.43. The van der Waals surface area contributed by atoms with Crippen molar-refractivity contribution in [1.29, 1.82) is 0 Å². The van der Waals surface area contributed by atoms with Gasteiger partial charge in [-0.25, -0.2) is 4.39 Å². The van der Waals surface area contributed by atoms with Gasteiger partial charge in [0.2, 0.25) is 5.91 Å². The summed E-state index contributed by atoms with van der Waals surface area (Å²) in [7, 11) is 1.65. The zero-order chi connectivity index (χ0) is 18.1. The van der Waals surface area contributed by atoms with Crippen LogP contribution in [0.15, 0.2) is 52.1 Å². The molecular formula is C18H23FN4O2. The number of guanidine groups is 1. The number of carbonyl (C=O) groups is 1. The number of carbonyl (C=O) groups excluding carboxylic acids is 1. The Balaban J connectivity index is 1.81. The highest BCUT2D eigenvalue weighted by Crippen LogP contribution is 2.09. The Hall–Kier alpha value is -2.83. The molecule has 1 unspecified atom stereocenters. The molecule has 1 amide bonds. The van der Waals surface area contributed by atoms with Crippen molar-refractivity contribution >= 4 is 11.9 Å². The Morgan fingerprint density at radius 3 is 2.64 bits per heavy atom. The summed E-state index contributed by atoms with van der Waals surface area (Å²) in [4.78, 5) is 15.8. The SMILES string of the molecule is CN=C(NCCc1ccco1)NCC(Cc1ccc(F)cc1)C(N)=O. The summed E-state index contributed by atoms with van der Waals surface area (Å²) in [5, 5.41) is 6.25. The monoisotopic (exact) mass is 346 g/mol. The first-order chi connectivity index (χ1) is 12.1. The maximum atomic E-state index is 13.0. The Labute approximate surface area is 146 Å². The third-order valence-corrected chi connectivity index (χ3v) is 3.78. The molecule has 134 valence electrons. The second kappa shape index (κ2) is 9.46. The van der Waals surface area contributed by atoms with Crippen LogP contribution in [-0.4, -0.2) is 32.0 Å². The average molecular weight is 346 g/mol. The molecule has 0 fully saturated rings. The second-order valence-electron chi connectivity index (χ2n) is 5.64. The number of aliphatic imine (C=N–C) groups is 1. The Morgan fingerprint density at radius 2 is 2.04 bits per heavy atom. The molecule has 1 heterocycles. The lowest BCUT2D eigenvalue weighted by molar-refractivity contribution is -0.121. The van der Waals surface area contributed by atoms with Gasteiger partial charge in [0, 0.05) is 26.6 Å². The number of rotatable bonds is 8. The van der Waals surface area contributed by atoms with Crippen molar-refractivity contribution in [2.75, 3.05) is 20.1 Å². The van der Waals surface area contributed by atoms with Gasteiger partial charge in [-0.1, -0.05) is 12.1 Å². The molecule has 0 aliphatic heterocycles. The summed E-state index contributed by atoms with van der Waals surface area (Å²) in [6.45, 7) is 0.986. The zero-order valence-corrected chi connectivity index (χ0v) is 14.2. The molecule has 0 aliphatic rings. The molecule has 0 saturated heterocycles. The first-order valence-electron chi connectivity index (χ1n) is 8.09. The molecule has 0 aliphatic carbocycles. The number of benzene rings is 1. The molecular weight excluding hydrogens is 323 g/mol. The number of nitrogens with one attached hydrogen (secondary N) is 2. The molecule has 0 bridgehead atoms. The van der Waals surface area contributed by atoms with E-state index in [9.17, 15) is 9.18 Å².